The third-order valence-corrected chi connectivity index (χ3v) is 2.99. The van der Waals surface area contributed by atoms with Crippen molar-refractivity contribution in [2.45, 2.75) is 33.2 Å². The van der Waals surface area contributed by atoms with Gasteiger partial charge >= 0.3 is 0 Å². The molecular weight excluding hydrogens is 214 g/mol. The van der Waals surface area contributed by atoms with Gasteiger partial charge in [0.1, 0.15) is 5.76 Å². The Hall–Kier alpha value is -1.55. The number of hydrogen-bond acceptors (Lipinski definition) is 3. The predicted octanol–water partition coefficient (Wildman–Crippen LogP) is 2.34. The zero-order valence-corrected chi connectivity index (χ0v) is 10.4. The van der Waals surface area contributed by atoms with Crippen molar-refractivity contribution >= 4 is 0 Å². The standard InChI is InChI=1S/C13H19N3O/c1-10-5-7-17-13(10)9-14-6-3-4-12-8-15-16-11(12)2/h5,7-8,14H,3-4,6,9H2,1-2H3,(H,15,16). The Bertz CT molecular complexity index is 416. The van der Waals surface area contributed by atoms with Gasteiger partial charge in [-0.05, 0) is 50.4 Å². The fourth-order valence-electron chi connectivity index (χ4n) is 1.82. The number of aromatic amines is 1. The third kappa shape index (κ3) is 3.20. The Morgan fingerprint density at radius 1 is 1.41 bits per heavy atom. The van der Waals surface area contributed by atoms with Crippen molar-refractivity contribution in [2.24, 2.45) is 0 Å². The molecule has 0 aliphatic rings. The van der Waals surface area contributed by atoms with Crippen LogP contribution in [0, 0.1) is 13.8 Å². The molecule has 0 aliphatic heterocycles. The molecule has 4 nitrogen and oxygen atoms in total. The van der Waals surface area contributed by atoms with Gasteiger partial charge in [0, 0.05) is 5.69 Å². The molecule has 2 heterocycles. The first-order valence-corrected chi connectivity index (χ1v) is 6.00. The van der Waals surface area contributed by atoms with Crippen LogP contribution in [0.2, 0.25) is 0 Å². The lowest BCUT2D eigenvalue weighted by Gasteiger charge is -2.03. The van der Waals surface area contributed by atoms with Crippen molar-refractivity contribution in [1.29, 1.82) is 0 Å². The summed E-state index contributed by atoms with van der Waals surface area (Å²) in [6.45, 7) is 5.92. The monoisotopic (exact) mass is 233 g/mol. The van der Waals surface area contributed by atoms with Gasteiger partial charge in [-0.3, -0.25) is 5.10 Å². The quantitative estimate of drug-likeness (QED) is 0.753. The molecule has 2 aromatic rings. The molecule has 0 atom stereocenters. The fourth-order valence-corrected chi connectivity index (χ4v) is 1.82. The average Bonchev–Trinajstić information content (AvgIpc) is 2.89. The maximum atomic E-state index is 5.36. The number of aryl methyl sites for hydroxylation is 3. The molecule has 0 amide bonds. The van der Waals surface area contributed by atoms with Crippen molar-refractivity contribution in [3.63, 3.8) is 0 Å². The smallest absolute Gasteiger partial charge is 0.120 e. The summed E-state index contributed by atoms with van der Waals surface area (Å²) in [4.78, 5) is 0. The molecular formula is C13H19N3O. The van der Waals surface area contributed by atoms with Crippen LogP contribution in [0.4, 0.5) is 0 Å². The van der Waals surface area contributed by atoms with E-state index in [1.807, 2.05) is 12.3 Å². The Labute approximate surface area is 101 Å². The van der Waals surface area contributed by atoms with Gasteiger partial charge in [0.2, 0.25) is 0 Å². The number of H-pyrrole nitrogens is 1. The second-order valence-corrected chi connectivity index (χ2v) is 4.33. The van der Waals surface area contributed by atoms with Gasteiger partial charge in [0.05, 0.1) is 19.0 Å². The van der Waals surface area contributed by atoms with Gasteiger partial charge in [-0.1, -0.05) is 0 Å². The highest BCUT2D eigenvalue weighted by molar-refractivity contribution is 5.15. The zero-order chi connectivity index (χ0) is 12.1. The normalized spacial score (nSPS) is 10.9. The zero-order valence-electron chi connectivity index (χ0n) is 10.4. The molecule has 2 aromatic heterocycles. The number of rotatable bonds is 6. The van der Waals surface area contributed by atoms with Crippen molar-refractivity contribution in [3.05, 3.63) is 41.1 Å². The summed E-state index contributed by atoms with van der Waals surface area (Å²) >= 11 is 0. The lowest BCUT2D eigenvalue weighted by atomic mass is 10.1. The van der Waals surface area contributed by atoms with Crippen LogP contribution in [0.5, 0.6) is 0 Å². The first-order valence-electron chi connectivity index (χ1n) is 6.00. The van der Waals surface area contributed by atoms with E-state index in [0.29, 0.717) is 0 Å². The highest BCUT2D eigenvalue weighted by Gasteiger charge is 2.02. The van der Waals surface area contributed by atoms with Crippen LogP contribution >= 0.6 is 0 Å². The van der Waals surface area contributed by atoms with Crippen LogP contribution in [0.1, 0.15) is 29.0 Å². The van der Waals surface area contributed by atoms with Gasteiger partial charge in [-0.15, -0.1) is 0 Å². The van der Waals surface area contributed by atoms with Gasteiger partial charge in [-0.2, -0.15) is 5.10 Å². The third-order valence-electron chi connectivity index (χ3n) is 2.99. The van der Waals surface area contributed by atoms with E-state index >= 15 is 0 Å². The summed E-state index contributed by atoms with van der Waals surface area (Å²) in [5, 5.41) is 10.4. The van der Waals surface area contributed by atoms with Gasteiger partial charge in [0.15, 0.2) is 0 Å². The topological polar surface area (TPSA) is 53.9 Å². The molecule has 2 rings (SSSR count). The number of nitrogens with zero attached hydrogens (tertiary/aromatic N) is 1. The molecule has 0 saturated heterocycles. The molecule has 0 aliphatic carbocycles. The van der Waals surface area contributed by atoms with E-state index in [0.717, 1.165) is 31.7 Å². The first-order chi connectivity index (χ1) is 8.27. The van der Waals surface area contributed by atoms with Crippen molar-refractivity contribution < 1.29 is 4.42 Å². The van der Waals surface area contributed by atoms with E-state index in [-0.39, 0.29) is 0 Å². The molecule has 92 valence electrons. The molecule has 0 fully saturated rings. The van der Waals surface area contributed by atoms with Crippen molar-refractivity contribution in [1.82, 2.24) is 15.5 Å². The van der Waals surface area contributed by atoms with Crippen LogP contribution < -0.4 is 5.32 Å². The average molecular weight is 233 g/mol. The number of aromatic nitrogens is 2. The number of furan rings is 1. The van der Waals surface area contributed by atoms with Crippen LogP contribution in [0.3, 0.4) is 0 Å². The molecule has 0 aromatic carbocycles. The largest absolute Gasteiger partial charge is 0.468 e. The van der Waals surface area contributed by atoms with E-state index in [9.17, 15) is 0 Å². The number of nitrogens with one attached hydrogen (secondary N) is 2. The Morgan fingerprint density at radius 3 is 2.94 bits per heavy atom. The summed E-state index contributed by atoms with van der Waals surface area (Å²) in [5.41, 5.74) is 3.69. The minimum absolute atomic E-state index is 0.809. The lowest BCUT2D eigenvalue weighted by Crippen LogP contribution is -2.15. The van der Waals surface area contributed by atoms with Gasteiger partial charge in [0.25, 0.3) is 0 Å². The highest BCUT2D eigenvalue weighted by Crippen LogP contribution is 2.08. The highest BCUT2D eigenvalue weighted by atomic mass is 16.3. The summed E-state index contributed by atoms with van der Waals surface area (Å²) < 4.78 is 5.36. The Morgan fingerprint density at radius 2 is 2.29 bits per heavy atom. The second-order valence-electron chi connectivity index (χ2n) is 4.33. The summed E-state index contributed by atoms with van der Waals surface area (Å²) in [7, 11) is 0. The Kier molecular flexibility index (Phi) is 3.98. The first kappa shape index (κ1) is 11.9. The molecule has 0 radical (unpaired) electrons. The molecule has 0 saturated carbocycles. The minimum atomic E-state index is 0.809. The van der Waals surface area contributed by atoms with E-state index in [4.69, 9.17) is 4.42 Å². The van der Waals surface area contributed by atoms with Crippen LogP contribution in [0.15, 0.2) is 22.9 Å². The van der Waals surface area contributed by atoms with Crippen LogP contribution in [0.25, 0.3) is 0 Å². The van der Waals surface area contributed by atoms with Crippen LogP contribution in [-0.2, 0) is 13.0 Å². The molecule has 0 unspecified atom stereocenters. The summed E-state index contributed by atoms with van der Waals surface area (Å²) in [6.07, 6.45) is 5.82. The Balaban J connectivity index is 1.64. The fraction of sp³-hybridized carbons (Fsp3) is 0.462. The van der Waals surface area contributed by atoms with Crippen molar-refractivity contribution in [3.8, 4) is 0 Å². The SMILES string of the molecule is Cc1ccoc1CNCCCc1cn[nH]c1C. The maximum absolute atomic E-state index is 5.36. The molecule has 4 heteroatoms. The molecule has 0 bridgehead atoms. The summed E-state index contributed by atoms with van der Waals surface area (Å²) in [5.74, 6) is 1.03. The minimum Gasteiger partial charge on any atom is -0.468 e. The summed E-state index contributed by atoms with van der Waals surface area (Å²) in [6, 6.07) is 1.99. The molecule has 0 spiro atoms. The van der Waals surface area contributed by atoms with Gasteiger partial charge in [-0.25, -0.2) is 0 Å². The van der Waals surface area contributed by atoms with Crippen LogP contribution in [-0.4, -0.2) is 16.7 Å². The van der Waals surface area contributed by atoms with E-state index in [1.165, 1.54) is 16.8 Å². The predicted molar refractivity (Wildman–Crippen MR) is 66.8 cm³/mol. The van der Waals surface area contributed by atoms with E-state index < -0.39 is 0 Å². The van der Waals surface area contributed by atoms with E-state index in [1.54, 1.807) is 6.26 Å². The molecule has 2 N–H and O–H groups in total. The van der Waals surface area contributed by atoms with Gasteiger partial charge < -0.3 is 9.73 Å². The lowest BCUT2D eigenvalue weighted by molar-refractivity contribution is 0.478. The number of hydrogen-bond donors (Lipinski definition) is 2. The van der Waals surface area contributed by atoms with Crippen molar-refractivity contribution in [2.75, 3.05) is 6.54 Å². The maximum Gasteiger partial charge on any atom is 0.120 e. The van der Waals surface area contributed by atoms with E-state index in [2.05, 4.69) is 29.4 Å². The molecule has 17 heavy (non-hydrogen) atoms. The second kappa shape index (κ2) is 5.68.